The number of likely N-dealkylation sites (tertiary alicyclic amines) is 1. The number of sulfonamides is 1. The van der Waals surface area contributed by atoms with Crippen LogP contribution in [0.25, 0.3) is 0 Å². The molecule has 2 heterocycles. The van der Waals surface area contributed by atoms with Crippen LogP contribution in [0.4, 0.5) is 23.2 Å². The average molecular weight is 753 g/mol. The Balaban J connectivity index is 1.45. The molecule has 2 atom stereocenters. The third-order valence-corrected chi connectivity index (χ3v) is 11.3. The lowest BCUT2D eigenvalue weighted by molar-refractivity contribution is -0.133. The zero-order valence-electron chi connectivity index (χ0n) is 29.5. The average Bonchev–Trinajstić information content (AvgIpc) is 3.31. The number of carbonyl (C=O) groups excluding carboxylic acids is 1. The lowest BCUT2D eigenvalue weighted by atomic mass is 9.80. The normalized spacial score (nSPS) is 20.5. The van der Waals surface area contributed by atoms with Crippen molar-refractivity contribution in [2.45, 2.75) is 74.5 Å². The summed E-state index contributed by atoms with van der Waals surface area (Å²) in [5.74, 6) is -6.18. The highest BCUT2D eigenvalue weighted by Gasteiger charge is 2.47. The molecule has 1 amide bonds. The van der Waals surface area contributed by atoms with E-state index in [1.165, 1.54) is 51.1 Å². The van der Waals surface area contributed by atoms with E-state index in [2.05, 4.69) is 10.3 Å². The summed E-state index contributed by atoms with van der Waals surface area (Å²) in [6.07, 6.45) is -0.585. The van der Waals surface area contributed by atoms with Crippen molar-refractivity contribution in [3.8, 4) is 23.0 Å². The maximum atomic E-state index is 14.7. The summed E-state index contributed by atoms with van der Waals surface area (Å²) < 4.78 is 109. The number of halogens is 4. The van der Waals surface area contributed by atoms with Crippen molar-refractivity contribution in [2.24, 2.45) is 5.92 Å². The molecule has 2 fully saturated rings. The highest BCUT2D eigenvalue weighted by molar-refractivity contribution is 7.89. The van der Waals surface area contributed by atoms with Gasteiger partial charge in [-0.3, -0.25) is 9.69 Å². The molecule has 0 bridgehead atoms. The van der Waals surface area contributed by atoms with Crippen molar-refractivity contribution in [3.63, 3.8) is 0 Å². The highest BCUT2D eigenvalue weighted by atomic mass is 32.2. The molecule has 1 aliphatic heterocycles. The van der Waals surface area contributed by atoms with E-state index in [0.717, 1.165) is 0 Å². The quantitative estimate of drug-likeness (QED) is 0.199. The molecule has 1 N–H and O–H groups in total. The second-order valence-electron chi connectivity index (χ2n) is 13.0. The fraction of sp³-hybridized carbons (Fsp3) is 0.500. The molecule has 284 valence electrons. The maximum absolute atomic E-state index is 14.7. The zero-order valence-corrected chi connectivity index (χ0v) is 30.4. The second kappa shape index (κ2) is 16.3. The number of ether oxygens (including phenoxy) is 4. The van der Waals surface area contributed by atoms with E-state index < -0.39 is 64.0 Å². The van der Waals surface area contributed by atoms with E-state index in [4.69, 9.17) is 18.9 Å². The first-order valence-corrected chi connectivity index (χ1v) is 18.3. The summed E-state index contributed by atoms with van der Waals surface area (Å²) >= 11 is 0. The van der Waals surface area contributed by atoms with E-state index >= 15 is 0 Å². The zero-order chi connectivity index (χ0) is 37.7. The lowest BCUT2D eigenvalue weighted by Gasteiger charge is -2.41. The number of rotatable bonds is 13. The first-order valence-electron chi connectivity index (χ1n) is 16.9. The Morgan fingerprint density at radius 1 is 0.846 bits per heavy atom. The van der Waals surface area contributed by atoms with Gasteiger partial charge in [-0.05, 0) is 37.6 Å². The molecule has 2 aliphatic rings. The van der Waals surface area contributed by atoms with Crippen LogP contribution in [-0.2, 0) is 27.9 Å². The SMILES string of the molecule is COc1ccc(CN(Cc2ccc(OC)cc2OC)S(=O)(=O)c2cc(NC(=O)C3CC(F)(F)CCC3N3CCCC(F)(F)CC3)ccn2)c(OC)c1. The largest absolute Gasteiger partial charge is 0.497 e. The van der Waals surface area contributed by atoms with Crippen molar-refractivity contribution >= 4 is 21.6 Å². The molecule has 1 saturated heterocycles. The van der Waals surface area contributed by atoms with Crippen LogP contribution in [0.3, 0.4) is 0 Å². The van der Waals surface area contributed by atoms with Gasteiger partial charge in [-0.1, -0.05) is 12.1 Å². The molecule has 3 aromatic rings. The number of hydrogen-bond donors (Lipinski definition) is 1. The predicted molar refractivity (Wildman–Crippen MR) is 185 cm³/mol. The van der Waals surface area contributed by atoms with Crippen molar-refractivity contribution in [2.75, 3.05) is 46.8 Å². The van der Waals surface area contributed by atoms with Crippen LogP contribution in [0.5, 0.6) is 23.0 Å². The van der Waals surface area contributed by atoms with E-state index in [1.807, 2.05) is 0 Å². The van der Waals surface area contributed by atoms with E-state index in [-0.39, 0.29) is 51.1 Å². The molecule has 2 unspecified atom stereocenters. The van der Waals surface area contributed by atoms with Crippen LogP contribution in [0.15, 0.2) is 59.8 Å². The number of benzene rings is 2. The molecule has 1 aliphatic carbocycles. The fourth-order valence-electron chi connectivity index (χ4n) is 6.81. The van der Waals surface area contributed by atoms with E-state index in [9.17, 15) is 30.8 Å². The molecular weight excluding hydrogens is 708 g/mol. The van der Waals surface area contributed by atoms with Gasteiger partial charge in [0.15, 0.2) is 5.03 Å². The highest BCUT2D eigenvalue weighted by Crippen LogP contribution is 2.41. The van der Waals surface area contributed by atoms with Gasteiger partial charge in [0.2, 0.25) is 17.8 Å². The van der Waals surface area contributed by atoms with Crippen LogP contribution in [-0.4, -0.2) is 87.9 Å². The summed E-state index contributed by atoms with van der Waals surface area (Å²) in [6, 6.07) is 11.8. The number of amides is 1. The summed E-state index contributed by atoms with van der Waals surface area (Å²) in [4.78, 5) is 19.5. The number of alkyl halides is 4. The summed E-state index contributed by atoms with van der Waals surface area (Å²) in [6.45, 7) is -0.0904. The van der Waals surface area contributed by atoms with Crippen molar-refractivity contribution < 1.29 is 49.7 Å². The maximum Gasteiger partial charge on any atom is 0.261 e. The Hall–Kier alpha value is -4.15. The molecule has 0 spiro atoms. The van der Waals surface area contributed by atoms with Gasteiger partial charge >= 0.3 is 0 Å². The summed E-state index contributed by atoms with van der Waals surface area (Å²) in [5.41, 5.74) is 1.05. The lowest BCUT2D eigenvalue weighted by Crippen LogP contribution is -2.51. The molecular formula is C36H44F4N4O7S. The first kappa shape index (κ1) is 39.1. The second-order valence-corrected chi connectivity index (χ2v) is 14.9. The van der Waals surface area contributed by atoms with Crippen LogP contribution in [0.1, 0.15) is 49.7 Å². The van der Waals surface area contributed by atoms with Crippen LogP contribution >= 0.6 is 0 Å². The molecule has 16 heteroatoms. The van der Waals surface area contributed by atoms with Gasteiger partial charge in [0, 0.05) is 92.6 Å². The monoisotopic (exact) mass is 752 g/mol. The van der Waals surface area contributed by atoms with Gasteiger partial charge in [-0.25, -0.2) is 31.0 Å². The molecule has 2 aromatic carbocycles. The van der Waals surface area contributed by atoms with Gasteiger partial charge in [-0.15, -0.1) is 0 Å². The molecule has 1 aromatic heterocycles. The third kappa shape index (κ3) is 9.25. The Morgan fingerprint density at radius 2 is 1.46 bits per heavy atom. The van der Waals surface area contributed by atoms with Gasteiger partial charge < -0.3 is 24.3 Å². The Morgan fingerprint density at radius 3 is 2.04 bits per heavy atom. The van der Waals surface area contributed by atoms with Crippen LogP contribution in [0, 0.1) is 5.92 Å². The Kier molecular flexibility index (Phi) is 12.2. The van der Waals surface area contributed by atoms with Crippen LogP contribution in [0.2, 0.25) is 0 Å². The van der Waals surface area contributed by atoms with Gasteiger partial charge in [-0.2, -0.15) is 4.31 Å². The Labute approximate surface area is 301 Å². The minimum absolute atomic E-state index is 0.0154. The number of aromatic nitrogens is 1. The predicted octanol–water partition coefficient (Wildman–Crippen LogP) is 6.37. The fourth-order valence-corrected chi connectivity index (χ4v) is 8.16. The van der Waals surface area contributed by atoms with Gasteiger partial charge in [0.1, 0.15) is 23.0 Å². The van der Waals surface area contributed by atoms with Crippen molar-refractivity contribution in [1.29, 1.82) is 0 Å². The Bertz CT molecular complexity index is 1770. The summed E-state index contributed by atoms with van der Waals surface area (Å²) in [5, 5.41) is 2.21. The standard InChI is InChI=1S/C36H44F4N4O7S/c1-48-27-8-6-24(31(19-27)50-3)22-44(23-25-7-9-28(49-2)20-32(25)51-4)52(46,47)33-18-26(11-15-41-33)42-34(45)29-21-36(39,40)13-10-30(29)43-16-5-12-35(37,38)14-17-43/h6-9,11,15,18-20,29-30H,5,10,12-14,16-17,21-23H2,1-4H3,(H,41,42,45). The van der Waals surface area contributed by atoms with Crippen molar-refractivity contribution in [1.82, 2.24) is 14.2 Å². The van der Waals surface area contributed by atoms with Gasteiger partial charge in [0.25, 0.3) is 10.0 Å². The minimum atomic E-state index is -4.43. The number of methoxy groups -OCH3 is 4. The smallest absolute Gasteiger partial charge is 0.261 e. The van der Waals surface area contributed by atoms with Crippen LogP contribution < -0.4 is 24.3 Å². The summed E-state index contributed by atoms with van der Waals surface area (Å²) in [7, 11) is 1.47. The minimum Gasteiger partial charge on any atom is -0.497 e. The molecule has 0 radical (unpaired) electrons. The van der Waals surface area contributed by atoms with E-state index in [1.54, 1.807) is 41.3 Å². The van der Waals surface area contributed by atoms with Crippen molar-refractivity contribution in [3.05, 3.63) is 65.9 Å². The molecule has 5 rings (SSSR count). The number of hydrogen-bond acceptors (Lipinski definition) is 9. The molecule has 52 heavy (non-hydrogen) atoms. The number of nitrogens with one attached hydrogen (secondary N) is 1. The first-order chi connectivity index (χ1) is 24.7. The number of carbonyl (C=O) groups is 1. The number of nitrogens with zero attached hydrogens (tertiary/aromatic N) is 3. The van der Waals surface area contributed by atoms with E-state index in [0.29, 0.717) is 34.1 Å². The van der Waals surface area contributed by atoms with Gasteiger partial charge in [0.05, 0.1) is 34.4 Å². The third-order valence-electron chi connectivity index (χ3n) is 9.64. The number of pyridine rings is 1. The number of anilines is 1. The molecule has 11 nitrogen and oxygen atoms in total. The molecule has 1 saturated carbocycles. The topological polar surface area (TPSA) is 120 Å².